The highest BCUT2D eigenvalue weighted by molar-refractivity contribution is 5.83. The lowest BCUT2D eigenvalue weighted by atomic mass is 10.0. The van der Waals surface area contributed by atoms with E-state index < -0.39 is 31.1 Å². The third-order valence-corrected chi connectivity index (χ3v) is 3.42. The van der Waals surface area contributed by atoms with Gasteiger partial charge in [-0.1, -0.05) is 0 Å². The standard InChI is InChI=1S/C9H10FNO.C9H4FNO/c2*10-8-1-2-9-6(3-4-12-9)7(8)5-11/h1-2H,3-5,11H2;1-4H/i3D,4D,5D2;. The summed E-state index contributed by atoms with van der Waals surface area (Å²) in [6.07, 6.45) is 0.296. The first-order valence-electron chi connectivity index (χ1n) is 8.99. The number of nitriles is 1. The zero-order chi connectivity index (χ0) is 20.6. The molecule has 2 heterocycles. The first kappa shape index (κ1) is 11.6. The highest BCUT2D eigenvalue weighted by Crippen LogP contribution is 2.29. The van der Waals surface area contributed by atoms with Gasteiger partial charge in [-0.05, 0) is 30.3 Å². The molecule has 3 aromatic rings. The number of hydrogen-bond acceptors (Lipinski definition) is 4. The average Bonchev–Trinajstić information content (AvgIpc) is 3.20. The minimum atomic E-state index is -2.39. The lowest BCUT2D eigenvalue weighted by Gasteiger charge is -2.04. The van der Waals surface area contributed by atoms with E-state index >= 15 is 0 Å². The molecule has 1 aliphatic rings. The van der Waals surface area contributed by atoms with Crippen molar-refractivity contribution in [2.75, 3.05) is 6.58 Å². The van der Waals surface area contributed by atoms with Gasteiger partial charge in [0.15, 0.2) is 0 Å². The topological polar surface area (TPSA) is 72.2 Å². The Labute approximate surface area is 142 Å². The van der Waals surface area contributed by atoms with Gasteiger partial charge in [0, 0.05) is 33.5 Å². The number of furan rings is 1. The van der Waals surface area contributed by atoms with Crippen molar-refractivity contribution >= 4 is 11.0 Å². The van der Waals surface area contributed by atoms with E-state index in [0.29, 0.717) is 11.0 Å². The quantitative estimate of drug-likeness (QED) is 0.738. The molecule has 6 heteroatoms. The number of benzene rings is 2. The predicted octanol–water partition coefficient (Wildman–Crippen LogP) is 3.66. The molecular weight excluding hydrogens is 314 g/mol. The van der Waals surface area contributed by atoms with E-state index in [0.717, 1.165) is 6.07 Å². The maximum Gasteiger partial charge on any atom is 0.141 e. The van der Waals surface area contributed by atoms with Crippen molar-refractivity contribution in [1.29, 1.82) is 5.26 Å². The lowest BCUT2D eigenvalue weighted by Crippen LogP contribution is -2.03. The number of hydrogen-bond donors (Lipinski definition) is 1. The van der Waals surface area contributed by atoms with Gasteiger partial charge in [-0.25, -0.2) is 8.78 Å². The van der Waals surface area contributed by atoms with Gasteiger partial charge in [-0.2, -0.15) is 5.26 Å². The average molecular weight is 332 g/mol. The maximum atomic E-state index is 13.5. The Hall–Kier alpha value is -2.91. The molecule has 122 valence electrons. The summed E-state index contributed by atoms with van der Waals surface area (Å²) in [5.41, 5.74) is 5.46. The van der Waals surface area contributed by atoms with Crippen LogP contribution in [0.5, 0.6) is 5.75 Å². The Morgan fingerprint density at radius 2 is 2.04 bits per heavy atom. The molecule has 0 saturated carbocycles. The van der Waals surface area contributed by atoms with Crippen LogP contribution >= 0.6 is 0 Å². The summed E-state index contributed by atoms with van der Waals surface area (Å²) < 4.78 is 66.2. The highest BCUT2D eigenvalue weighted by Gasteiger charge is 2.17. The van der Waals surface area contributed by atoms with Crippen LogP contribution in [0.3, 0.4) is 0 Å². The molecule has 4 rings (SSSR count). The van der Waals surface area contributed by atoms with E-state index in [9.17, 15) is 8.78 Å². The summed E-state index contributed by atoms with van der Waals surface area (Å²) in [5, 5.41) is 9.13. The third kappa shape index (κ3) is 2.82. The van der Waals surface area contributed by atoms with Gasteiger partial charge >= 0.3 is 0 Å². The zero-order valence-electron chi connectivity index (χ0n) is 16.2. The summed E-state index contributed by atoms with van der Waals surface area (Å²) in [6.45, 7) is -3.56. The van der Waals surface area contributed by atoms with Gasteiger partial charge in [-0.15, -0.1) is 0 Å². The minimum Gasteiger partial charge on any atom is -0.493 e. The monoisotopic (exact) mass is 332 g/mol. The van der Waals surface area contributed by atoms with E-state index in [-0.39, 0.29) is 22.4 Å². The van der Waals surface area contributed by atoms with Crippen LogP contribution in [0, 0.1) is 23.0 Å². The fraction of sp³-hybridized carbons (Fsp3) is 0.167. The normalized spacial score (nSPS) is 21.2. The Morgan fingerprint density at radius 3 is 2.79 bits per heavy atom. The number of rotatable bonds is 1. The highest BCUT2D eigenvalue weighted by atomic mass is 19.1. The predicted molar refractivity (Wildman–Crippen MR) is 84.4 cm³/mol. The summed E-state index contributed by atoms with van der Waals surface area (Å²) in [5.74, 6) is -1.17. The Kier molecular flexibility index (Phi) is 3.23. The Bertz CT molecular complexity index is 1080. The summed E-state index contributed by atoms with van der Waals surface area (Å²) in [6, 6.07) is 8.42. The van der Waals surface area contributed by atoms with Gasteiger partial charge in [0.2, 0.25) is 0 Å². The fourth-order valence-electron chi connectivity index (χ4n) is 2.30. The second kappa shape index (κ2) is 6.69. The van der Waals surface area contributed by atoms with Crippen LogP contribution in [0.25, 0.3) is 11.0 Å². The van der Waals surface area contributed by atoms with Crippen LogP contribution < -0.4 is 10.5 Å². The molecule has 0 radical (unpaired) electrons. The first-order chi connectivity index (χ1) is 13.1. The number of fused-ring (bicyclic) bond motifs is 2. The Morgan fingerprint density at radius 1 is 1.25 bits per heavy atom. The van der Waals surface area contributed by atoms with E-state index in [1.54, 1.807) is 12.1 Å². The second-order valence-corrected chi connectivity index (χ2v) is 4.77. The third-order valence-electron chi connectivity index (χ3n) is 3.42. The van der Waals surface area contributed by atoms with Crippen molar-refractivity contribution in [2.24, 2.45) is 5.73 Å². The second-order valence-electron chi connectivity index (χ2n) is 4.77. The fourth-order valence-corrected chi connectivity index (χ4v) is 2.30. The molecule has 0 saturated heterocycles. The maximum absolute atomic E-state index is 13.5. The minimum absolute atomic E-state index is 0.0347. The molecule has 4 nitrogen and oxygen atoms in total. The number of nitrogens with zero attached hydrogens (tertiary/aromatic N) is 1. The molecule has 2 unspecified atom stereocenters. The van der Waals surface area contributed by atoms with Gasteiger partial charge < -0.3 is 14.9 Å². The largest absolute Gasteiger partial charge is 0.493 e. The number of nitrogens with two attached hydrogens (primary N) is 1. The molecule has 0 aliphatic carbocycles. The van der Waals surface area contributed by atoms with E-state index in [2.05, 4.69) is 0 Å². The van der Waals surface area contributed by atoms with Crippen LogP contribution in [0.2, 0.25) is 0 Å². The van der Waals surface area contributed by atoms with Crippen molar-refractivity contribution in [3.63, 3.8) is 0 Å². The van der Waals surface area contributed by atoms with Crippen molar-refractivity contribution < 1.29 is 23.4 Å². The Balaban J connectivity index is 0.000000167. The molecule has 2 atom stereocenters. The summed E-state index contributed by atoms with van der Waals surface area (Å²) in [4.78, 5) is 0. The molecule has 1 aliphatic heterocycles. The smallest absolute Gasteiger partial charge is 0.141 e. The summed E-state index contributed by atoms with van der Waals surface area (Å²) >= 11 is 0. The van der Waals surface area contributed by atoms with Gasteiger partial charge in [0.25, 0.3) is 0 Å². The van der Waals surface area contributed by atoms with E-state index in [1.165, 1.54) is 24.5 Å². The van der Waals surface area contributed by atoms with Crippen LogP contribution in [-0.4, -0.2) is 6.58 Å². The van der Waals surface area contributed by atoms with Crippen molar-refractivity contribution in [3.8, 4) is 11.8 Å². The van der Waals surface area contributed by atoms with E-state index in [4.69, 9.17) is 25.6 Å². The molecule has 2 N–H and O–H groups in total. The zero-order valence-corrected chi connectivity index (χ0v) is 12.2. The first-order valence-corrected chi connectivity index (χ1v) is 6.84. The lowest BCUT2D eigenvalue weighted by molar-refractivity contribution is 0.356. The molecule has 1 aromatic heterocycles. The van der Waals surface area contributed by atoms with Crippen LogP contribution in [-0.2, 0) is 12.9 Å². The molecule has 0 spiro atoms. The van der Waals surface area contributed by atoms with Gasteiger partial charge in [-0.3, -0.25) is 0 Å². The van der Waals surface area contributed by atoms with Crippen molar-refractivity contribution in [3.05, 3.63) is 64.9 Å². The number of halogens is 2. The van der Waals surface area contributed by atoms with E-state index in [1.807, 2.05) is 0 Å². The van der Waals surface area contributed by atoms with Crippen LogP contribution in [0.15, 0.2) is 41.0 Å². The molecule has 0 amide bonds. The van der Waals surface area contributed by atoms with Gasteiger partial charge in [0.05, 0.1) is 19.8 Å². The number of ether oxygens (including phenoxy) is 1. The molecule has 2 aromatic carbocycles. The van der Waals surface area contributed by atoms with Crippen molar-refractivity contribution in [2.45, 2.75) is 12.9 Å². The van der Waals surface area contributed by atoms with Crippen molar-refractivity contribution in [1.82, 2.24) is 0 Å². The van der Waals surface area contributed by atoms with Gasteiger partial charge in [0.1, 0.15) is 29.0 Å². The van der Waals surface area contributed by atoms with Crippen LogP contribution in [0.1, 0.15) is 22.2 Å². The molecule has 24 heavy (non-hydrogen) atoms. The molecule has 0 bridgehead atoms. The SMILES string of the molecule is N#Cc1c(F)ccc2occc12.[2H]C1Oc2ccc(F)c(C([2H])([2H])N)c2C1[2H]. The summed E-state index contributed by atoms with van der Waals surface area (Å²) in [7, 11) is 0. The molecular formula is C18H14F2N2O2. The molecule has 0 fully saturated rings. The van der Waals surface area contributed by atoms with Crippen LogP contribution in [0.4, 0.5) is 8.78 Å².